The third-order valence-electron chi connectivity index (χ3n) is 2.43. The summed E-state index contributed by atoms with van der Waals surface area (Å²) in [5.74, 6) is -3.14. The Bertz CT molecular complexity index is 276. The lowest BCUT2D eigenvalue weighted by Crippen LogP contribution is -2.39. The molecule has 2 unspecified atom stereocenters. The third kappa shape index (κ3) is 4.42. The summed E-state index contributed by atoms with van der Waals surface area (Å²) in [5, 5.41) is 0. The van der Waals surface area contributed by atoms with E-state index in [1.54, 1.807) is 0 Å². The molecular formula is C11H18O6. The van der Waals surface area contributed by atoms with Crippen LogP contribution >= 0.6 is 0 Å². The Morgan fingerprint density at radius 1 is 0.882 bits per heavy atom. The van der Waals surface area contributed by atoms with Crippen molar-refractivity contribution in [1.82, 2.24) is 0 Å². The fourth-order valence-corrected chi connectivity index (χ4v) is 1.47. The molecule has 6 heteroatoms. The second-order valence-corrected chi connectivity index (χ2v) is 3.70. The molecule has 0 saturated carbocycles. The maximum atomic E-state index is 11.4. The Balaban J connectivity index is 4.92. The largest absolute Gasteiger partial charge is 0.469 e. The van der Waals surface area contributed by atoms with Gasteiger partial charge in [-0.1, -0.05) is 0 Å². The van der Waals surface area contributed by atoms with Crippen LogP contribution in [0.4, 0.5) is 0 Å². The lowest BCUT2D eigenvalue weighted by atomic mass is 9.93. The van der Waals surface area contributed by atoms with Gasteiger partial charge in [-0.2, -0.15) is 0 Å². The lowest BCUT2D eigenvalue weighted by Gasteiger charge is -2.25. The normalized spacial score (nSPS) is 15.4. The molecule has 98 valence electrons. The minimum Gasteiger partial charge on any atom is -0.469 e. The van der Waals surface area contributed by atoms with Gasteiger partial charge in [-0.15, -0.1) is 0 Å². The van der Waals surface area contributed by atoms with Gasteiger partial charge in [0.05, 0.1) is 26.1 Å². The third-order valence-corrected chi connectivity index (χ3v) is 2.43. The Labute approximate surface area is 100 Å². The smallest absolute Gasteiger partial charge is 0.312 e. The molecule has 6 nitrogen and oxygen atoms in total. The predicted octanol–water partition coefficient (Wildman–Crippen LogP) is 0.536. The van der Waals surface area contributed by atoms with E-state index >= 15 is 0 Å². The zero-order valence-electron chi connectivity index (χ0n) is 10.7. The predicted molar refractivity (Wildman–Crippen MR) is 57.9 cm³/mol. The van der Waals surface area contributed by atoms with Crippen molar-refractivity contribution in [2.45, 2.75) is 26.9 Å². The molecule has 0 aliphatic rings. The van der Waals surface area contributed by atoms with Crippen LogP contribution in [0.3, 0.4) is 0 Å². The van der Waals surface area contributed by atoms with Crippen molar-refractivity contribution in [3.8, 4) is 0 Å². The molecule has 0 aromatic heterocycles. The van der Waals surface area contributed by atoms with Crippen molar-refractivity contribution in [2.75, 3.05) is 14.2 Å². The number of hydrogen-bond donors (Lipinski definition) is 0. The van der Waals surface area contributed by atoms with Gasteiger partial charge in [-0.25, -0.2) is 0 Å². The van der Waals surface area contributed by atoms with Crippen LogP contribution in [-0.4, -0.2) is 38.2 Å². The number of rotatable bonds is 5. The van der Waals surface area contributed by atoms with E-state index in [4.69, 9.17) is 4.74 Å². The van der Waals surface area contributed by atoms with Gasteiger partial charge < -0.3 is 14.2 Å². The van der Waals surface area contributed by atoms with Crippen molar-refractivity contribution >= 4 is 17.9 Å². The monoisotopic (exact) mass is 246 g/mol. The number of carbonyl (C=O) groups excluding carboxylic acids is 3. The number of carbonyl (C=O) groups is 3. The molecule has 0 radical (unpaired) electrons. The maximum Gasteiger partial charge on any atom is 0.312 e. The topological polar surface area (TPSA) is 78.9 Å². The van der Waals surface area contributed by atoms with Crippen LogP contribution in [0.2, 0.25) is 0 Å². The summed E-state index contributed by atoms with van der Waals surface area (Å²) in [6.07, 6.45) is -0.896. The highest BCUT2D eigenvalue weighted by Gasteiger charge is 2.36. The Morgan fingerprint density at radius 2 is 1.24 bits per heavy atom. The van der Waals surface area contributed by atoms with Crippen molar-refractivity contribution in [3.63, 3.8) is 0 Å². The van der Waals surface area contributed by atoms with Crippen LogP contribution < -0.4 is 0 Å². The zero-order valence-corrected chi connectivity index (χ0v) is 10.7. The first kappa shape index (κ1) is 15.4. The summed E-state index contributed by atoms with van der Waals surface area (Å²) in [6.45, 7) is 4.26. The quantitative estimate of drug-likeness (QED) is 0.520. The molecule has 17 heavy (non-hydrogen) atoms. The molecular weight excluding hydrogens is 228 g/mol. The average Bonchev–Trinajstić information content (AvgIpc) is 2.31. The van der Waals surface area contributed by atoms with Gasteiger partial charge in [0, 0.05) is 6.92 Å². The zero-order chi connectivity index (χ0) is 13.6. The van der Waals surface area contributed by atoms with E-state index in [0.717, 1.165) is 0 Å². The Hall–Kier alpha value is -1.59. The number of hydrogen-bond acceptors (Lipinski definition) is 6. The van der Waals surface area contributed by atoms with E-state index in [2.05, 4.69) is 9.47 Å². The van der Waals surface area contributed by atoms with Gasteiger partial charge in [0.25, 0.3) is 0 Å². The van der Waals surface area contributed by atoms with Crippen molar-refractivity contribution < 1.29 is 28.6 Å². The number of esters is 3. The van der Waals surface area contributed by atoms with Crippen molar-refractivity contribution in [2.24, 2.45) is 11.8 Å². The van der Waals surface area contributed by atoms with Gasteiger partial charge in [0.15, 0.2) is 0 Å². The molecule has 2 atom stereocenters. The van der Waals surface area contributed by atoms with Crippen LogP contribution in [0.25, 0.3) is 0 Å². The van der Waals surface area contributed by atoms with E-state index < -0.39 is 35.8 Å². The molecule has 0 heterocycles. The standard InChI is InChI=1S/C11H18O6/c1-6(10(13)15-4)9(17-8(3)12)7(2)11(14)16-5/h6-7,9H,1-5H3. The maximum absolute atomic E-state index is 11.4. The van der Waals surface area contributed by atoms with E-state index in [1.807, 2.05) is 0 Å². The van der Waals surface area contributed by atoms with Crippen molar-refractivity contribution in [1.29, 1.82) is 0 Å². The van der Waals surface area contributed by atoms with E-state index in [0.29, 0.717) is 0 Å². The minimum absolute atomic E-state index is 0.549. The summed E-state index contributed by atoms with van der Waals surface area (Å²) in [6, 6.07) is 0. The van der Waals surface area contributed by atoms with E-state index in [1.165, 1.54) is 35.0 Å². The second-order valence-electron chi connectivity index (χ2n) is 3.70. The van der Waals surface area contributed by atoms with Gasteiger partial charge in [0.1, 0.15) is 6.10 Å². The molecule has 0 aliphatic carbocycles. The lowest BCUT2D eigenvalue weighted by molar-refractivity contribution is -0.167. The molecule has 0 saturated heterocycles. The molecule has 0 rings (SSSR count). The van der Waals surface area contributed by atoms with E-state index in [9.17, 15) is 14.4 Å². The van der Waals surface area contributed by atoms with Gasteiger partial charge in [-0.3, -0.25) is 14.4 Å². The highest BCUT2D eigenvalue weighted by Crippen LogP contribution is 2.20. The first-order valence-corrected chi connectivity index (χ1v) is 5.18. The molecule has 0 fully saturated rings. The van der Waals surface area contributed by atoms with Gasteiger partial charge in [-0.05, 0) is 13.8 Å². The Kier molecular flexibility index (Phi) is 6.23. The van der Waals surface area contributed by atoms with Crippen LogP contribution in [0.1, 0.15) is 20.8 Å². The summed E-state index contributed by atoms with van der Waals surface area (Å²) < 4.78 is 14.1. The van der Waals surface area contributed by atoms with Crippen LogP contribution in [-0.2, 0) is 28.6 Å². The molecule has 0 aliphatic heterocycles. The summed E-state index contributed by atoms with van der Waals surface area (Å²) in [5.41, 5.74) is 0. The molecule has 0 spiro atoms. The first-order valence-electron chi connectivity index (χ1n) is 5.18. The number of ether oxygens (including phenoxy) is 3. The molecule has 0 amide bonds. The SMILES string of the molecule is COC(=O)C(C)C(OC(C)=O)C(C)C(=O)OC. The van der Waals surface area contributed by atoms with Crippen molar-refractivity contribution in [3.05, 3.63) is 0 Å². The summed E-state index contributed by atoms with van der Waals surface area (Å²) >= 11 is 0. The summed E-state index contributed by atoms with van der Waals surface area (Å²) in [4.78, 5) is 33.7. The number of methoxy groups -OCH3 is 2. The van der Waals surface area contributed by atoms with Crippen LogP contribution in [0.5, 0.6) is 0 Å². The van der Waals surface area contributed by atoms with Gasteiger partial charge in [0.2, 0.25) is 0 Å². The molecule has 0 aromatic rings. The second kappa shape index (κ2) is 6.88. The van der Waals surface area contributed by atoms with E-state index in [-0.39, 0.29) is 0 Å². The Morgan fingerprint density at radius 3 is 1.47 bits per heavy atom. The first-order chi connectivity index (χ1) is 7.84. The molecule has 0 bridgehead atoms. The molecule has 0 N–H and O–H groups in total. The fourth-order valence-electron chi connectivity index (χ4n) is 1.47. The molecule has 0 aromatic carbocycles. The summed E-state index contributed by atoms with van der Waals surface area (Å²) in [7, 11) is 2.46. The van der Waals surface area contributed by atoms with Crippen LogP contribution in [0.15, 0.2) is 0 Å². The van der Waals surface area contributed by atoms with Crippen LogP contribution in [0, 0.1) is 11.8 Å². The minimum atomic E-state index is -0.896. The van der Waals surface area contributed by atoms with Gasteiger partial charge >= 0.3 is 17.9 Å². The average molecular weight is 246 g/mol. The highest BCUT2D eigenvalue weighted by molar-refractivity contribution is 5.78. The fraction of sp³-hybridized carbons (Fsp3) is 0.727. The highest BCUT2D eigenvalue weighted by atomic mass is 16.6.